The molecule has 0 saturated carbocycles. The molecule has 1 nitrogen and oxygen atoms in total. The minimum absolute atomic E-state index is 0.0916. The summed E-state index contributed by atoms with van der Waals surface area (Å²) in [4.78, 5) is 0. The Morgan fingerprint density at radius 3 is 2.73 bits per heavy atom. The molecule has 0 aliphatic carbocycles. The molecule has 0 spiro atoms. The molecule has 3 heteroatoms. The van der Waals surface area contributed by atoms with Crippen molar-refractivity contribution in [1.82, 2.24) is 0 Å². The van der Waals surface area contributed by atoms with Crippen molar-refractivity contribution in [2.24, 2.45) is 0 Å². The van der Waals surface area contributed by atoms with Gasteiger partial charge < -0.3 is 4.74 Å². The molecule has 0 atom stereocenters. The predicted octanol–water partition coefficient (Wildman–Crippen LogP) is 2.54. The van der Waals surface area contributed by atoms with Crippen molar-refractivity contribution in [2.75, 3.05) is 6.07 Å². The van der Waals surface area contributed by atoms with Gasteiger partial charge in [-0.3, -0.25) is 0 Å². The number of hydrogen-bond acceptors (Lipinski definition) is 1. The van der Waals surface area contributed by atoms with Crippen molar-refractivity contribution in [1.29, 1.82) is 0 Å². The average molecular weight is 175 g/mol. The van der Waals surface area contributed by atoms with Gasteiger partial charge >= 0.3 is 0 Å². The lowest BCUT2D eigenvalue weighted by atomic mass is 10.2. The molecule has 0 heterocycles. The molecule has 60 valence electrons. The Morgan fingerprint density at radius 1 is 1.36 bits per heavy atom. The molecule has 0 aliphatic rings. The Bertz CT molecular complexity index is 227. The van der Waals surface area contributed by atoms with Gasteiger partial charge in [0, 0.05) is 5.56 Å². The van der Waals surface area contributed by atoms with Crippen LogP contribution >= 0.6 is 11.6 Å². The van der Waals surface area contributed by atoms with Crippen LogP contribution in [0.4, 0.5) is 4.39 Å². The number of alkyl halides is 1. The van der Waals surface area contributed by atoms with E-state index < -0.39 is 0 Å². The SMILES string of the molecule is Fc1ccccc1COCCl. The third-order valence-electron chi connectivity index (χ3n) is 1.29. The van der Waals surface area contributed by atoms with Crippen molar-refractivity contribution in [3.8, 4) is 0 Å². The van der Waals surface area contributed by atoms with Gasteiger partial charge in [0.15, 0.2) is 0 Å². The highest BCUT2D eigenvalue weighted by Gasteiger charge is 1.98. The zero-order valence-corrected chi connectivity index (χ0v) is 6.64. The largest absolute Gasteiger partial charge is 0.361 e. The first-order valence-electron chi connectivity index (χ1n) is 3.21. The van der Waals surface area contributed by atoms with Crippen LogP contribution in [-0.4, -0.2) is 6.07 Å². The van der Waals surface area contributed by atoms with Crippen molar-refractivity contribution in [3.63, 3.8) is 0 Å². The first-order chi connectivity index (χ1) is 5.34. The van der Waals surface area contributed by atoms with E-state index in [9.17, 15) is 4.39 Å². The second kappa shape index (κ2) is 4.31. The number of halogens is 2. The van der Waals surface area contributed by atoms with E-state index in [1.807, 2.05) is 0 Å². The van der Waals surface area contributed by atoms with Crippen molar-refractivity contribution < 1.29 is 9.13 Å². The minimum Gasteiger partial charge on any atom is -0.361 e. The fourth-order valence-corrected chi connectivity index (χ4v) is 0.841. The molecule has 0 N–H and O–H groups in total. The van der Waals surface area contributed by atoms with Crippen LogP contribution in [-0.2, 0) is 11.3 Å². The van der Waals surface area contributed by atoms with Crippen LogP contribution < -0.4 is 0 Å². The topological polar surface area (TPSA) is 9.23 Å². The molecule has 11 heavy (non-hydrogen) atoms. The van der Waals surface area contributed by atoms with Gasteiger partial charge in [-0.25, -0.2) is 4.39 Å². The highest BCUT2D eigenvalue weighted by Crippen LogP contribution is 2.07. The highest BCUT2D eigenvalue weighted by atomic mass is 35.5. The first kappa shape index (κ1) is 8.50. The van der Waals surface area contributed by atoms with Gasteiger partial charge in [-0.2, -0.15) is 0 Å². The van der Waals surface area contributed by atoms with Gasteiger partial charge in [-0.1, -0.05) is 29.8 Å². The average Bonchev–Trinajstić information content (AvgIpc) is 2.03. The zero-order chi connectivity index (χ0) is 8.10. The third kappa shape index (κ3) is 2.48. The molecule has 0 aliphatic heterocycles. The van der Waals surface area contributed by atoms with Crippen LogP contribution in [0.2, 0.25) is 0 Å². The van der Waals surface area contributed by atoms with Crippen LogP contribution in [0.25, 0.3) is 0 Å². The minimum atomic E-state index is -0.252. The quantitative estimate of drug-likeness (QED) is 0.640. The molecule has 0 fully saturated rings. The second-order valence-electron chi connectivity index (χ2n) is 2.05. The monoisotopic (exact) mass is 174 g/mol. The predicted molar refractivity (Wildman–Crippen MR) is 41.9 cm³/mol. The summed E-state index contributed by atoms with van der Waals surface area (Å²) in [5.74, 6) is -0.252. The van der Waals surface area contributed by atoms with Crippen LogP contribution in [0.5, 0.6) is 0 Å². The lowest BCUT2D eigenvalue weighted by molar-refractivity contribution is 0.162. The number of hydrogen-bond donors (Lipinski definition) is 0. The fourth-order valence-electron chi connectivity index (χ4n) is 0.764. The van der Waals surface area contributed by atoms with Crippen molar-refractivity contribution in [2.45, 2.75) is 6.61 Å². The summed E-state index contributed by atoms with van der Waals surface area (Å²) in [6.45, 7) is 0.232. The van der Waals surface area contributed by atoms with Gasteiger partial charge in [0.25, 0.3) is 0 Å². The summed E-state index contributed by atoms with van der Waals surface area (Å²) < 4.78 is 17.6. The zero-order valence-electron chi connectivity index (χ0n) is 5.89. The maximum absolute atomic E-state index is 12.8. The van der Waals surface area contributed by atoms with E-state index in [2.05, 4.69) is 0 Å². The van der Waals surface area contributed by atoms with Gasteiger partial charge in [0.1, 0.15) is 11.9 Å². The summed E-state index contributed by atoms with van der Waals surface area (Å²) >= 11 is 5.26. The van der Waals surface area contributed by atoms with E-state index >= 15 is 0 Å². The van der Waals surface area contributed by atoms with Crippen LogP contribution in [0, 0.1) is 5.82 Å². The Morgan fingerprint density at radius 2 is 2.09 bits per heavy atom. The standard InChI is InChI=1S/C8H8ClFO/c9-6-11-5-7-3-1-2-4-8(7)10/h1-4H,5-6H2. The first-order valence-corrected chi connectivity index (χ1v) is 3.75. The molecule has 0 radical (unpaired) electrons. The van der Waals surface area contributed by atoms with Gasteiger partial charge in [0.05, 0.1) is 6.61 Å². The Kier molecular flexibility index (Phi) is 3.33. The van der Waals surface area contributed by atoms with Crippen molar-refractivity contribution >= 4 is 11.6 Å². The number of benzene rings is 1. The molecule has 0 bridgehead atoms. The van der Waals surface area contributed by atoms with E-state index in [4.69, 9.17) is 16.3 Å². The smallest absolute Gasteiger partial charge is 0.128 e. The van der Waals surface area contributed by atoms with E-state index in [-0.39, 0.29) is 18.5 Å². The Hall–Kier alpha value is -0.600. The molecule has 0 saturated heterocycles. The van der Waals surface area contributed by atoms with Crippen LogP contribution in [0.3, 0.4) is 0 Å². The maximum Gasteiger partial charge on any atom is 0.128 e. The van der Waals surface area contributed by atoms with Gasteiger partial charge in [0.2, 0.25) is 0 Å². The van der Waals surface area contributed by atoms with E-state index in [0.717, 1.165) is 0 Å². The van der Waals surface area contributed by atoms with E-state index in [1.165, 1.54) is 6.07 Å². The van der Waals surface area contributed by atoms with E-state index in [0.29, 0.717) is 5.56 Å². The maximum atomic E-state index is 12.8. The molecular formula is C8H8ClFO. The summed E-state index contributed by atoms with van der Waals surface area (Å²) in [6, 6.07) is 6.55. The fraction of sp³-hybridized carbons (Fsp3) is 0.250. The summed E-state index contributed by atoms with van der Waals surface area (Å²) in [5.41, 5.74) is 0.535. The lowest BCUT2D eigenvalue weighted by Crippen LogP contribution is -1.93. The molecule has 0 aromatic heterocycles. The molecule has 1 rings (SSSR count). The number of rotatable bonds is 3. The third-order valence-corrected chi connectivity index (χ3v) is 1.45. The molecule has 0 unspecified atom stereocenters. The molecule has 1 aromatic carbocycles. The summed E-state index contributed by atoms with van der Waals surface area (Å²) in [7, 11) is 0. The van der Waals surface area contributed by atoms with E-state index in [1.54, 1.807) is 18.2 Å². The van der Waals surface area contributed by atoms with Gasteiger partial charge in [-0.05, 0) is 6.07 Å². The van der Waals surface area contributed by atoms with Crippen LogP contribution in [0.15, 0.2) is 24.3 Å². The molecular weight excluding hydrogens is 167 g/mol. The van der Waals surface area contributed by atoms with Gasteiger partial charge in [-0.15, -0.1) is 0 Å². The summed E-state index contributed by atoms with van der Waals surface area (Å²) in [6.07, 6.45) is 0. The molecule has 0 amide bonds. The molecule has 1 aromatic rings. The lowest BCUT2D eigenvalue weighted by Gasteiger charge is -2.00. The number of ether oxygens (including phenoxy) is 1. The normalized spacial score (nSPS) is 10.0. The summed E-state index contributed by atoms with van der Waals surface area (Å²) in [5, 5.41) is 0. The second-order valence-corrected chi connectivity index (χ2v) is 2.27. The van der Waals surface area contributed by atoms with Crippen LogP contribution in [0.1, 0.15) is 5.56 Å². The highest BCUT2D eigenvalue weighted by molar-refractivity contribution is 6.17. The van der Waals surface area contributed by atoms with Crippen molar-refractivity contribution in [3.05, 3.63) is 35.6 Å². The Labute approximate surface area is 69.7 Å². The Balaban J connectivity index is 2.62.